The van der Waals surface area contributed by atoms with Crippen molar-refractivity contribution < 1.29 is 9.59 Å². The van der Waals surface area contributed by atoms with Crippen molar-refractivity contribution in [1.82, 2.24) is 5.32 Å². The van der Waals surface area contributed by atoms with E-state index in [4.69, 9.17) is 0 Å². The highest BCUT2D eigenvalue weighted by Crippen LogP contribution is 2.33. The second-order valence-electron chi connectivity index (χ2n) is 6.51. The minimum atomic E-state index is -0.515. The van der Waals surface area contributed by atoms with Crippen molar-refractivity contribution in [3.63, 3.8) is 0 Å². The fraction of sp³-hybridized carbons (Fsp3) is 0.182. The fourth-order valence-electron chi connectivity index (χ4n) is 3.45. The summed E-state index contributed by atoms with van der Waals surface area (Å²) in [6.45, 7) is 0.569. The number of nitrogens with one attached hydrogen (secondary N) is 1. The third-order valence-corrected chi connectivity index (χ3v) is 5.71. The van der Waals surface area contributed by atoms with Gasteiger partial charge in [0.05, 0.1) is 0 Å². The van der Waals surface area contributed by atoms with E-state index < -0.39 is 6.04 Å². The van der Waals surface area contributed by atoms with Gasteiger partial charge < -0.3 is 5.32 Å². The lowest BCUT2D eigenvalue weighted by molar-refractivity contribution is -0.122. The highest BCUT2D eigenvalue weighted by molar-refractivity contribution is 7.09. The number of hydrogen-bond donors (Lipinski definition) is 1. The van der Waals surface area contributed by atoms with Crippen LogP contribution in [-0.4, -0.2) is 24.4 Å². The molecule has 0 saturated heterocycles. The van der Waals surface area contributed by atoms with Crippen molar-refractivity contribution >= 4 is 28.8 Å². The molecular formula is C22H20N2O2S. The van der Waals surface area contributed by atoms with Crippen LogP contribution in [0.5, 0.6) is 0 Å². The molecule has 1 atom stereocenters. The fourth-order valence-corrected chi connectivity index (χ4v) is 4.16. The van der Waals surface area contributed by atoms with Gasteiger partial charge in [-0.2, -0.15) is 0 Å². The average Bonchev–Trinajstić information content (AvgIpc) is 3.35. The highest BCUT2D eigenvalue weighted by Gasteiger charge is 2.38. The van der Waals surface area contributed by atoms with Crippen LogP contribution in [0.15, 0.2) is 72.1 Å². The van der Waals surface area contributed by atoms with Crippen molar-refractivity contribution in [2.24, 2.45) is 0 Å². The number of carbonyl (C=O) groups is 2. The molecule has 1 aliphatic rings. The number of fused-ring (bicyclic) bond motifs is 1. The summed E-state index contributed by atoms with van der Waals surface area (Å²) in [7, 11) is 0. The van der Waals surface area contributed by atoms with E-state index in [0.717, 1.165) is 17.7 Å². The largest absolute Gasteiger partial charge is 0.354 e. The Morgan fingerprint density at radius 3 is 2.56 bits per heavy atom. The van der Waals surface area contributed by atoms with Gasteiger partial charge in [-0.05, 0) is 41.6 Å². The van der Waals surface area contributed by atoms with Crippen molar-refractivity contribution in [2.45, 2.75) is 18.9 Å². The molecule has 0 bridgehead atoms. The van der Waals surface area contributed by atoms with Crippen LogP contribution in [0.4, 0.5) is 5.69 Å². The number of hydrogen-bond acceptors (Lipinski definition) is 3. The maximum atomic E-state index is 13.1. The summed E-state index contributed by atoms with van der Waals surface area (Å²) in [4.78, 5) is 28.9. The predicted octanol–water partition coefficient (Wildman–Crippen LogP) is 3.68. The molecule has 136 valence electrons. The first kappa shape index (κ1) is 17.5. The third kappa shape index (κ3) is 3.64. The van der Waals surface area contributed by atoms with Gasteiger partial charge in [0, 0.05) is 29.1 Å². The Labute approximate surface area is 162 Å². The first-order valence-electron chi connectivity index (χ1n) is 9.00. The zero-order chi connectivity index (χ0) is 18.6. The molecule has 1 aliphatic heterocycles. The summed E-state index contributed by atoms with van der Waals surface area (Å²) in [5, 5.41) is 5.04. The van der Waals surface area contributed by atoms with Crippen LogP contribution in [0.2, 0.25) is 0 Å². The molecule has 27 heavy (non-hydrogen) atoms. The molecule has 1 aromatic heterocycles. The Bertz CT molecular complexity index is 938. The van der Waals surface area contributed by atoms with Crippen molar-refractivity contribution in [3.8, 4) is 0 Å². The van der Waals surface area contributed by atoms with E-state index in [1.165, 1.54) is 4.88 Å². The van der Waals surface area contributed by atoms with E-state index in [1.807, 2.05) is 53.9 Å². The molecule has 0 fully saturated rings. The first-order chi connectivity index (χ1) is 13.2. The number of nitrogens with zero attached hydrogens (tertiary/aromatic N) is 1. The topological polar surface area (TPSA) is 49.4 Å². The number of para-hydroxylation sites is 1. The maximum absolute atomic E-state index is 13.1. The van der Waals surface area contributed by atoms with E-state index in [1.54, 1.807) is 28.4 Å². The average molecular weight is 376 g/mol. The second kappa shape index (κ2) is 7.76. The normalized spacial score (nSPS) is 15.4. The Morgan fingerprint density at radius 2 is 1.78 bits per heavy atom. The van der Waals surface area contributed by atoms with Crippen LogP contribution in [0.1, 0.15) is 20.8 Å². The lowest BCUT2D eigenvalue weighted by Crippen LogP contribution is -2.48. The zero-order valence-electron chi connectivity index (χ0n) is 14.8. The van der Waals surface area contributed by atoms with E-state index in [9.17, 15) is 9.59 Å². The van der Waals surface area contributed by atoms with Gasteiger partial charge in [-0.25, -0.2) is 0 Å². The Kier molecular flexibility index (Phi) is 5.03. The van der Waals surface area contributed by atoms with Gasteiger partial charge in [0.1, 0.15) is 6.04 Å². The van der Waals surface area contributed by atoms with Crippen LogP contribution in [0.3, 0.4) is 0 Å². The van der Waals surface area contributed by atoms with E-state index in [-0.39, 0.29) is 11.8 Å². The van der Waals surface area contributed by atoms with Crippen molar-refractivity contribution in [1.29, 1.82) is 0 Å². The molecule has 3 aromatic rings. The van der Waals surface area contributed by atoms with Crippen LogP contribution in [-0.2, 0) is 17.6 Å². The predicted molar refractivity (Wildman–Crippen MR) is 108 cm³/mol. The number of rotatable bonds is 5. The quantitative estimate of drug-likeness (QED) is 0.738. The van der Waals surface area contributed by atoms with E-state index >= 15 is 0 Å². The number of anilines is 1. The summed E-state index contributed by atoms with van der Waals surface area (Å²) in [6.07, 6.45) is 1.34. The molecule has 0 aliphatic carbocycles. The monoisotopic (exact) mass is 376 g/mol. The Hall–Kier alpha value is -2.92. The third-order valence-electron chi connectivity index (χ3n) is 4.77. The number of thiophene rings is 1. The molecule has 4 nitrogen and oxygen atoms in total. The molecule has 0 saturated carbocycles. The Balaban J connectivity index is 1.53. The molecule has 1 unspecified atom stereocenters. The molecule has 4 rings (SSSR count). The van der Waals surface area contributed by atoms with Crippen LogP contribution >= 0.6 is 11.3 Å². The second-order valence-corrected chi connectivity index (χ2v) is 7.54. The minimum absolute atomic E-state index is 0.105. The van der Waals surface area contributed by atoms with Crippen LogP contribution < -0.4 is 10.2 Å². The summed E-state index contributed by atoms with van der Waals surface area (Å²) in [5.74, 6) is -0.244. The van der Waals surface area contributed by atoms with Crippen LogP contribution in [0, 0.1) is 0 Å². The minimum Gasteiger partial charge on any atom is -0.354 e. The number of benzene rings is 2. The molecule has 0 spiro atoms. The van der Waals surface area contributed by atoms with Crippen LogP contribution in [0.25, 0.3) is 0 Å². The zero-order valence-corrected chi connectivity index (χ0v) is 15.6. The number of amides is 2. The van der Waals surface area contributed by atoms with Gasteiger partial charge in [-0.1, -0.05) is 42.5 Å². The molecule has 5 heteroatoms. The molecule has 2 amide bonds. The van der Waals surface area contributed by atoms with Crippen molar-refractivity contribution in [3.05, 3.63) is 88.1 Å². The molecule has 2 heterocycles. The lowest BCUT2D eigenvalue weighted by atomic mass is 10.1. The summed E-state index contributed by atoms with van der Waals surface area (Å²) in [6, 6.07) is 20.4. The molecule has 1 N–H and O–H groups in total. The summed E-state index contributed by atoms with van der Waals surface area (Å²) >= 11 is 1.68. The molecule has 0 radical (unpaired) electrons. The summed E-state index contributed by atoms with van der Waals surface area (Å²) < 4.78 is 0. The highest BCUT2D eigenvalue weighted by atomic mass is 32.1. The van der Waals surface area contributed by atoms with Gasteiger partial charge >= 0.3 is 0 Å². The van der Waals surface area contributed by atoms with Gasteiger partial charge in [0.2, 0.25) is 5.91 Å². The summed E-state index contributed by atoms with van der Waals surface area (Å²) in [5.41, 5.74) is 2.44. The Morgan fingerprint density at radius 1 is 1.00 bits per heavy atom. The van der Waals surface area contributed by atoms with Gasteiger partial charge in [0.15, 0.2) is 0 Å². The SMILES string of the molecule is O=C(NCCc1cccs1)C1Cc2ccccc2N1C(=O)c1ccccc1. The van der Waals surface area contributed by atoms with Gasteiger partial charge in [0.25, 0.3) is 5.91 Å². The number of carbonyl (C=O) groups excluding carboxylic acids is 2. The van der Waals surface area contributed by atoms with E-state index in [0.29, 0.717) is 18.5 Å². The van der Waals surface area contributed by atoms with Gasteiger partial charge in [-0.15, -0.1) is 11.3 Å². The lowest BCUT2D eigenvalue weighted by Gasteiger charge is -2.25. The standard InChI is InChI=1S/C22H20N2O2S/c25-21(23-13-12-18-10-6-14-27-18)20-15-17-9-4-5-11-19(17)24(20)22(26)16-7-2-1-3-8-16/h1-11,14,20H,12-13,15H2,(H,23,25). The van der Waals surface area contributed by atoms with Gasteiger partial charge in [-0.3, -0.25) is 14.5 Å². The van der Waals surface area contributed by atoms with E-state index in [2.05, 4.69) is 11.4 Å². The maximum Gasteiger partial charge on any atom is 0.259 e. The molecule has 2 aromatic carbocycles. The molecular weight excluding hydrogens is 356 g/mol. The van der Waals surface area contributed by atoms with Crippen molar-refractivity contribution in [2.75, 3.05) is 11.4 Å². The smallest absolute Gasteiger partial charge is 0.259 e. The first-order valence-corrected chi connectivity index (χ1v) is 9.88.